The summed E-state index contributed by atoms with van der Waals surface area (Å²) in [5.74, 6) is -0.259. The van der Waals surface area contributed by atoms with E-state index in [9.17, 15) is 4.39 Å². The Hall–Kier alpha value is -1.15. The lowest BCUT2D eigenvalue weighted by Gasteiger charge is -2.01. The first-order chi connectivity index (χ1) is 5.29. The number of hydrogen-bond donors (Lipinski definition) is 1. The van der Waals surface area contributed by atoms with Gasteiger partial charge in [0.1, 0.15) is 5.82 Å². The Bertz CT molecular complexity index is 268. The summed E-state index contributed by atoms with van der Waals surface area (Å²) in [5, 5.41) is 0. The molecule has 0 radical (unpaired) electrons. The fourth-order valence-corrected chi connectivity index (χ4v) is 0.915. The van der Waals surface area contributed by atoms with Crippen LogP contribution in [0.1, 0.15) is 11.1 Å². The van der Waals surface area contributed by atoms with Crippen molar-refractivity contribution in [2.75, 3.05) is 0 Å². The van der Waals surface area contributed by atoms with Gasteiger partial charge in [-0.05, 0) is 0 Å². The Morgan fingerprint density at radius 2 is 2.27 bits per heavy atom. The van der Waals surface area contributed by atoms with Crippen LogP contribution < -0.4 is 5.73 Å². The third-order valence-electron chi connectivity index (χ3n) is 1.55. The molecule has 0 amide bonds. The number of rotatable bonds is 2. The minimum atomic E-state index is -0.259. The Kier molecular flexibility index (Phi) is 2.39. The SMILES string of the molecule is C=Cc1cccc(CN)c1F. The Balaban J connectivity index is 3.20. The van der Waals surface area contributed by atoms with Gasteiger partial charge in [-0.1, -0.05) is 30.9 Å². The van der Waals surface area contributed by atoms with Crippen LogP contribution in [0.5, 0.6) is 0 Å². The van der Waals surface area contributed by atoms with E-state index in [-0.39, 0.29) is 12.4 Å². The summed E-state index contributed by atoms with van der Waals surface area (Å²) in [7, 11) is 0. The number of benzene rings is 1. The average molecular weight is 151 g/mol. The molecule has 0 aliphatic rings. The Morgan fingerprint density at radius 1 is 1.55 bits per heavy atom. The minimum absolute atomic E-state index is 0.230. The smallest absolute Gasteiger partial charge is 0.134 e. The Morgan fingerprint density at radius 3 is 2.82 bits per heavy atom. The van der Waals surface area contributed by atoms with E-state index < -0.39 is 0 Å². The highest BCUT2D eigenvalue weighted by molar-refractivity contribution is 5.49. The highest BCUT2D eigenvalue weighted by Crippen LogP contribution is 2.12. The molecule has 1 rings (SSSR count). The van der Waals surface area contributed by atoms with Gasteiger partial charge in [-0.25, -0.2) is 4.39 Å². The summed E-state index contributed by atoms with van der Waals surface area (Å²) in [5.41, 5.74) is 6.34. The second kappa shape index (κ2) is 3.30. The monoisotopic (exact) mass is 151 g/mol. The van der Waals surface area contributed by atoms with Crippen LogP contribution in [0.25, 0.3) is 6.08 Å². The summed E-state index contributed by atoms with van der Waals surface area (Å²) in [6, 6.07) is 5.10. The molecule has 11 heavy (non-hydrogen) atoms. The number of nitrogens with two attached hydrogens (primary N) is 1. The molecule has 0 fully saturated rings. The van der Waals surface area contributed by atoms with E-state index in [1.807, 2.05) is 0 Å². The van der Waals surface area contributed by atoms with Crippen molar-refractivity contribution in [3.63, 3.8) is 0 Å². The van der Waals surface area contributed by atoms with Crippen LogP contribution in [-0.4, -0.2) is 0 Å². The molecule has 0 atom stereocenters. The molecular formula is C9H10FN. The van der Waals surface area contributed by atoms with Crippen LogP contribution in [0.3, 0.4) is 0 Å². The highest BCUT2D eigenvalue weighted by atomic mass is 19.1. The Labute approximate surface area is 65.3 Å². The molecular weight excluding hydrogens is 141 g/mol. The van der Waals surface area contributed by atoms with Crippen molar-refractivity contribution in [1.29, 1.82) is 0 Å². The molecule has 0 saturated heterocycles. The largest absolute Gasteiger partial charge is 0.326 e. The summed E-state index contributed by atoms with van der Waals surface area (Å²) in [4.78, 5) is 0. The lowest BCUT2D eigenvalue weighted by Crippen LogP contribution is -2.00. The van der Waals surface area contributed by atoms with Crippen LogP contribution in [0.4, 0.5) is 4.39 Å². The van der Waals surface area contributed by atoms with Gasteiger partial charge in [0.25, 0.3) is 0 Å². The van der Waals surface area contributed by atoms with Crippen molar-refractivity contribution in [1.82, 2.24) is 0 Å². The van der Waals surface area contributed by atoms with Crippen molar-refractivity contribution in [3.05, 3.63) is 41.7 Å². The van der Waals surface area contributed by atoms with Gasteiger partial charge in [-0.3, -0.25) is 0 Å². The van der Waals surface area contributed by atoms with E-state index in [0.29, 0.717) is 11.1 Å². The van der Waals surface area contributed by atoms with E-state index in [4.69, 9.17) is 5.73 Å². The summed E-state index contributed by atoms with van der Waals surface area (Å²) < 4.78 is 13.1. The van der Waals surface area contributed by atoms with E-state index in [2.05, 4.69) is 6.58 Å². The molecule has 0 aliphatic heterocycles. The van der Waals surface area contributed by atoms with Gasteiger partial charge >= 0.3 is 0 Å². The molecule has 1 aromatic rings. The molecule has 0 aromatic heterocycles. The van der Waals surface area contributed by atoms with Crippen LogP contribution in [-0.2, 0) is 6.54 Å². The predicted molar refractivity (Wildman–Crippen MR) is 44.4 cm³/mol. The molecule has 2 N–H and O–H groups in total. The van der Waals surface area contributed by atoms with Crippen LogP contribution in [0.15, 0.2) is 24.8 Å². The zero-order valence-corrected chi connectivity index (χ0v) is 6.18. The van der Waals surface area contributed by atoms with Gasteiger partial charge < -0.3 is 5.73 Å². The lowest BCUT2D eigenvalue weighted by atomic mass is 10.1. The number of hydrogen-bond acceptors (Lipinski definition) is 1. The van der Waals surface area contributed by atoms with Gasteiger partial charge in [0.15, 0.2) is 0 Å². The molecule has 2 heteroatoms. The first-order valence-electron chi connectivity index (χ1n) is 3.39. The molecule has 0 unspecified atom stereocenters. The maximum absolute atomic E-state index is 13.1. The second-order valence-electron chi connectivity index (χ2n) is 2.23. The van der Waals surface area contributed by atoms with Crippen molar-refractivity contribution in [2.24, 2.45) is 5.73 Å². The van der Waals surface area contributed by atoms with Crippen molar-refractivity contribution in [2.45, 2.75) is 6.54 Å². The third-order valence-corrected chi connectivity index (χ3v) is 1.55. The zero-order valence-electron chi connectivity index (χ0n) is 6.18. The van der Waals surface area contributed by atoms with E-state index in [1.54, 1.807) is 18.2 Å². The molecule has 0 spiro atoms. The maximum Gasteiger partial charge on any atom is 0.134 e. The van der Waals surface area contributed by atoms with Crippen molar-refractivity contribution >= 4 is 6.08 Å². The van der Waals surface area contributed by atoms with Gasteiger partial charge in [-0.2, -0.15) is 0 Å². The molecule has 0 saturated carbocycles. The highest BCUT2D eigenvalue weighted by Gasteiger charge is 2.01. The van der Waals surface area contributed by atoms with Gasteiger partial charge in [0.2, 0.25) is 0 Å². The van der Waals surface area contributed by atoms with Gasteiger partial charge in [0.05, 0.1) is 0 Å². The lowest BCUT2D eigenvalue weighted by molar-refractivity contribution is 0.608. The molecule has 0 heterocycles. The molecule has 0 bridgehead atoms. The van der Waals surface area contributed by atoms with Crippen LogP contribution in [0, 0.1) is 5.82 Å². The second-order valence-corrected chi connectivity index (χ2v) is 2.23. The zero-order chi connectivity index (χ0) is 8.27. The summed E-state index contributed by atoms with van der Waals surface area (Å²) >= 11 is 0. The van der Waals surface area contributed by atoms with E-state index in [0.717, 1.165) is 0 Å². The third kappa shape index (κ3) is 1.46. The summed E-state index contributed by atoms with van der Waals surface area (Å²) in [6.07, 6.45) is 1.48. The fourth-order valence-electron chi connectivity index (χ4n) is 0.915. The molecule has 0 aliphatic carbocycles. The summed E-state index contributed by atoms with van der Waals surface area (Å²) in [6.45, 7) is 3.72. The standard InChI is InChI=1S/C9H10FN/c1-2-7-4-3-5-8(6-11)9(7)10/h2-5H,1,6,11H2. The van der Waals surface area contributed by atoms with Crippen LogP contribution in [0.2, 0.25) is 0 Å². The minimum Gasteiger partial charge on any atom is -0.326 e. The van der Waals surface area contributed by atoms with Gasteiger partial charge in [0, 0.05) is 17.7 Å². The topological polar surface area (TPSA) is 26.0 Å². The molecule has 1 aromatic carbocycles. The number of halogens is 1. The normalized spacial score (nSPS) is 9.64. The van der Waals surface area contributed by atoms with E-state index in [1.165, 1.54) is 6.08 Å². The molecule has 1 nitrogen and oxygen atoms in total. The maximum atomic E-state index is 13.1. The predicted octanol–water partition coefficient (Wildman–Crippen LogP) is 1.93. The first-order valence-corrected chi connectivity index (χ1v) is 3.39. The van der Waals surface area contributed by atoms with Crippen molar-refractivity contribution in [3.8, 4) is 0 Å². The average Bonchev–Trinajstić information content (AvgIpc) is 2.05. The fraction of sp³-hybridized carbons (Fsp3) is 0.111. The van der Waals surface area contributed by atoms with E-state index >= 15 is 0 Å². The quantitative estimate of drug-likeness (QED) is 0.686. The van der Waals surface area contributed by atoms with Crippen LogP contribution >= 0.6 is 0 Å². The molecule has 58 valence electrons. The first kappa shape index (κ1) is 7.95. The van der Waals surface area contributed by atoms with Crippen molar-refractivity contribution < 1.29 is 4.39 Å². The van der Waals surface area contributed by atoms with Gasteiger partial charge in [-0.15, -0.1) is 0 Å².